The lowest BCUT2D eigenvalue weighted by Gasteiger charge is -2.14. The smallest absolute Gasteiger partial charge is 0.247 e. The van der Waals surface area contributed by atoms with Crippen LogP contribution in [0.2, 0.25) is 5.02 Å². The topological polar surface area (TPSA) is 61.8 Å². The monoisotopic (exact) mass is 309 g/mol. The Labute approximate surface area is 125 Å². The van der Waals surface area contributed by atoms with Gasteiger partial charge in [-0.2, -0.15) is 0 Å². The zero-order valence-corrected chi connectivity index (χ0v) is 12.1. The normalized spacial score (nSPS) is 22.1. The summed E-state index contributed by atoms with van der Waals surface area (Å²) >= 11 is 7.15. The van der Waals surface area contributed by atoms with Gasteiger partial charge in [-0.1, -0.05) is 23.4 Å². The third-order valence-electron chi connectivity index (χ3n) is 3.09. The minimum Gasteiger partial charge on any atom is -0.363 e. The van der Waals surface area contributed by atoms with Crippen molar-refractivity contribution in [2.45, 2.75) is 11.7 Å². The van der Waals surface area contributed by atoms with Gasteiger partial charge in [0.2, 0.25) is 11.8 Å². The van der Waals surface area contributed by atoms with Crippen molar-refractivity contribution in [1.82, 2.24) is 5.32 Å². The average Bonchev–Trinajstić information content (AvgIpc) is 3.02. The Kier molecular flexibility index (Phi) is 3.67. The van der Waals surface area contributed by atoms with Crippen LogP contribution < -0.4 is 10.2 Å². The third-order valence-corrected chi connectivity index (χ3v) is 4.49. The highest BCUT2D eigenvalue weighted by molar-refractivity contribution is 8.15. The van der Waals surface area contributed by atoms with E-state index in [1.54, 1.807) is 24.3 Å². The summed E-state index contributed by atoms with van der Waals surface area (Å²) in [4.78, 5) is 29.9. The number of amides is 2. The summed E-state index contributed by atoms with van der Waals surface area (Å²) in [7, 11) is 0. The summed E-state index contributed by atoms with van der Waals surface area (Å²) in [5.41, 5.74) is 0.564. The van der Waals surface area contributed by atoms with E-state index in [0.29, 0.717) is 10.7 Å². The van der Waals surface area contributed by atoms with Crippen molar-refractivity contribution in [3.8, 4) is 0 Å². The van der Waals surface area contributed by atoms with Crippen molar-refractivity contribution in [2.24, 2.45) is 4.99 Å². The maximum atomic E-state index is 12.4. The van der Waals surface area contributed by atoms with Crippen LogP contribution in [0.3, 0.4) is 0 Å². The van der Waals surface area contributed by atoms with Crippen LogP contribution in [0, 0.1) is 0 Å². The highest BCUT2D eigenvalue weighted by Gasteiger charge is 2.40. The molecule has 0 aliphatic carbocycles. The summed E-state index contributed by atoms with van der Waals surface area (Å²) in [5, 5.41) is 4.01. The van der Waals surface area contributed by atoms with Gasteiger partial charge < -0.3 is 5.32 Å². The molecular weight excluding hydrogens is 298 g/mol. The second-order valence-electron chi connectivity index (χ2n) is 4.47. The maximum absolute atomic E-state index is 12.4. The molecule has 0 radical (unpaired) electrons. The molecule has 0 unspecified atom stereocenters. The van der Waals surface area contributed by atoms with Crippen LogP contribution in [0.5, 0.6) is 0 Å². The first-order valence-electron chi connectivity index (χ1n) is 6.22. The molecule has 1 fully saturated rings. The minimum atomic E-state index is -0.400. The molecule has 1 aromatic carbocycles. The lowest BCUT2D eigenvalue weighted by Crippen LogP contribution is -2.31. The van der Waals surface area contributed by atoms with Gasteiger partial charge in [0.25, 0.3) is 0 Å². The van der Waals surface area contributed by atoms with Gasteiger partial charge in [-0.05, 0) is 24.3 Å². The molecule has 1 atom stereocenters. The van der Waals surface area contributed by atoms with Gasteiger partial charge in [0.05, 0.1) is 12.2 Å². The van der Waals surface area contributed by atoms with Gasteiger partial charge in [0, 0.05) is 18.0 Å². The molecule has 0 spiro atoms. The molecule has 0 saturated carbocycles. The molecule has 2 aliphatic rings. The molecular formula is C13H12ClN3O2S. The number of halogens is 1. The molecule has 0 aromatic heterocycles. The summed E-state index contributed by atoms with van der Waals surface area (Å²) in [6.07, 6.45) is 0.201. The molecule has 1 saturated heterocycles. The molecule has 2 heterocycles. The standard InChI is InChI=1S/C13H12ClN3O2S/c14-8-1-3-9(4-2-8)17-11(18)7-10(12(17)19)20-13-15-5-6-16-13/h1-4,10H,5-7H2,(H,15,16)/t10-/m0/s1. The van der Waals surface area contributed by atoms with E-state index >= 15 is 0 Å². The van der Waals surface area contributed by atoms with Crippen LogP contribution in [-0.4, -0.2) is 35.3 Å². The van der Waals surface area contributed by atoms with E-state index in [2.05, 4.69) is 10.3 Å². The number of carbonyl (C=O) groups excluding carboxylic acids is 2. The third kappa shape index (κ3) is 2.53. The predicted molar refractivity (Wildman–Crippen MR) is 80.2 cm³/mol. The number of benzene rings is 1. The van der Waals surface area contributed by atoms with Gasteiger partial charge in [0.15, 0.2) is 5.17 Å². The quantitative estimate of drug-likeness (QED) is 0.844. The Balaban J connectivity index is 1.77. The first kappa shape index (κ1) is 13.5. The zero-order valence-electron chi connectivity index (χ0n) is 10.5. The number of nitrogens with zero attached hydrogens (tertiary/aromatic N) is 2. The van der Waals surface area contributed by atoms with Crippen LogP contribution in [-0.2, 0) is 9.59 Å². The summed E-state index contributed by atoms with van der Waals surface area (Å²) in [6.45, 7) is 1.51. The van der Waals surface area contributed by atoms with Crippen LogP contribution in [0.1, 0.15) is 6.42 Å². The van der Waals surface area contributed by atoms with E-state index in [1.807, 2.05) is 0 Å². The fraction of sp³-hybridized carbons (Fsp3) is 0.308. The molecule has 1 N–H and O–H groups in total. The van der Waals surface area contributed by atoms with E-state index in [4.69, 9.17) is 11.6 Å². The fourth-order valence-electron chi connectivity index (χ4n) is 2.15. The van der Waals surface area contributed by atoms with Gasteiger partial charge in [-0.25, -0.2) is 4.90 Å². The van der Waals surface area contributed by atoms with Crippen LogP contribution in [0.4, 0.5) is 5.69 Å². The first-order chi connectivity index (χ1) is 9.65. The zero-order chi connectivity index (χ0) is 14.1. The number of thioether (sulfide) groups is 1. The molecule has 0 bridgehead atoms. The Hall–Kier alpha value is -1.53. The Bertz CT molecular complexity index is 588. The molecule has 7 heteroatoms. The molecule has 5 nitrogen and oxygen atoms in total. The summed E-state index contributed by atoms with van der Waals surface area (Å²) in [6, 6.07) is 6.69. The van der Waals surface area contributed by atoms with Gasteiger partial charge >= 0.3 is 0 Å². The minimum absolute atomic E-state index is 0.187. The highest BCUT2D eigenvalue weighted by Crippen LogP contribution is 2.30. The number of aliphatic imine (C=N–C) groups is 1. The van der Waals surface area contributed by atoms with Gasteiger partial charge in [0.1, 0.15) is 5.25 Å². The molecule has 2 amide bonds. The van der Waals surface area contributed by atoms with E-state index in [0.717, 1.165) is 18.3 Å². The maximum Gasteiger partial charge on any atom is 0.247 e. The van der Waals surface area contributed by atoms with E-state index in [9.17, 15) is 9.59 Å². The molecule has 104 valence electrons. The fourth-order valence-corrected chi connectivity index (χ4v) is 3.33. The van der Waals surface area contributed by atoms with Crippen LogP contribution in [0.25, 0.3) is 0 Å². The van der Waals surface area contributed by atoms with Crippen molar-refractivity contribution in [1.29, 1.82) is 0 Å². The van der Waals surface area contributed by atoms with Crippen molar-refractivity contribution in [3.05, 3.63) is 29.3 Å². The van der Waals surface area contributed by atoms with E-state index in [-0.39, 0.29) is 18.2 Å². The van der Waals surface area contributed by atoms with E-state index < -0.39 is 5.25 Å². The summed E-state index contributed by atoms with van der Waals surface area (Å²) < 4.78 is 0. The summed E-state index contributed by atoms with van der Waals surface area (Å²) in [5.74, 6) is -0.382. The molecule has 2 aliphatic heterocycles. The number of rotatable bonds is 2. The number of hydrogen-bond acceptors (Lipinski definition) is 5. The SMILES string of the molecule is O=C1C[C@H](SC2=NCCN2)C(=O)N1c1ccc(Cl)cc1. The number of anilines is 1. The molecule has 3 rings (SSSR count). The van der Waals surface area contributed by atoms with E-state index in [1.165, 1.54) is 16.7 Å². The second kappa shape index (κ2) is 5.46. The van der Waals surface area contributed by atoms with Gasteiger partial charge in [-0.3, -0.25) is 14.6 Å². The van der Waals surface area contributed by atoms with Crippen molar-refractivity contribution >= 4 is 46.0 Å². The van der Waals surface area contributed by atoms with Crippen LogP contribution >= 0.6 is 23.4 Å². The Morgan fingerprint density at radius 3 is 2.70 bits per heavy atom. The number of imide groups is 1. The molecule has 1 aromatic rings. The largest absolute Gasteiger partial charge is 0.363 e. The van der Waals surface area contributed by atoms with Crippen LogP contribution in [0.15, 0.2) is 29.3 Å². The second-order valence-corrected chi connectivity index (χ2v) is 6.10. The highest BCUT2D eigenvalue weighted by atomic mass is 35.5. The predicted octanol–water partition coefficient (Wildman–Crippen LogP) is 1.66. The number of hydrogen-bond donors (Lipinski definition) is 1. The number of amidine groups is 1. The Morgan fingerprint density at radius 2 is 2.05 bits per heavy atom. The lowest BCUT2D eigenvalue weighted by atomic mass is 10.3. The number of carbonyl (C=O) groups is 2. The molecule has 20 heavy (non-hydrogen) atoms. The lowest BCUT2D eigenvalue weighted by molar-refractivity contribution is -0.121. The van der Waals surface area contributed by atoms with Gasteiger partial charge in [-0.15, -0.1) is 0 Å². The van der Waals surface area contributed by atoms with Crippen molar-refractivity contribution in [2.75, 3.05) is 18.0 Å². The van der Waals surface area contributed by atoms with Crippen molar-refractivity contribution < 1.29 is 9.59 Å². The Morgan fingerprint density at radius 1 is 1.30 bits per heavy atom. The average molecular weight is 310 g/mol. The first-order valence-corrected chi connectivity index (χ1v) is 7.48. The van der Waals surface area contributed by atoms with Crippen molar-refractivity contribution in [3.63, 3.8) is 0 Å². The number of nitrogens with one attached hydrogen (secondary N) is 1.